The summed E-state index contributed by atoms with van der Waals surface area (Å²) in [6.07, 6.45) is 4.85. The van der Waals surface area contributed by atoms with Crippen LogP contribution in [0.5, 0.6) is 0 Å². The van der Waals surface area contributed by atoms with Crippen LogP contribution in [0.4, 0.5) is 0 Å². The Morgan fingerprint density at radius 3 is 3.09 bits per heavy atom. The lowest BCUT2D eigenvalue weighted by Crippen LogP contribution is -2.37. The molecule has 0 radical (unpaired) electrons. The zero-order valence-electron chi connectivity index (χ0n) is 13.6. The molecule has 2 aromatic rings. The van der Waals surface area contributed by atoms with Gasteiger partial charge in [0.05, 0.1) is 0 Å². The van der Waals surface area contributed by atoms with E-state index in [1.54, 1.807) is 0 Å². The number of fused-ring (bicyclic) bond motifs is 1. The first kappa shape index (κ1) is 16.5. The highest BCUT2D eigenvalue weighted by molar-refractivity contribution is 9.10. The van der Waals surface area contributed by atoms with Gasteiger partial charge in [0, 0.05) is 34.5 Å². The van der Waals surface area contributed by atoms with E-state index in [2.05, 4.69) is 38.1 Å². The van der Waals surface area contributed by atoms with Crippen LogP contribution in [0.2, 0.25) is 0 Å². The number of H-pyrrole nitrogens is 1. The van der Waals surface area contributed by atoms with E-state index in [1.807, 2.05) is 24.3 Å². The molecule has 1 fully saturated rings. The number of hydrogen-bond donors (Lipinski definition) is 2. The van der Waals surface area contributed by atoms with E-state index < -0.39 is 0 Å². The SMILES string of the molecule is CCCCCN1CC[C@H](NC(=O)c2cc3ccc(Br)cc3[nH]2)C1. The summed E-state index contributed by atoms with van der Waals surface area (Å²) >= 11 is 3.46. The summed E-state index contributed by atoms with van der Waals surface area (Å²) in [6, 6.07) is 8.19. The fourth-order valence-electron chi connectivity index (χ4n) is 3.22. The van der Waals surface area contributed by atoms with Crippen LogP contribution in [0, 0.1) is 0 Å². The van der Waals surface area contributed by atoms with Gasteiger partial charge in [-0.3, -0.25) is 4.79 Å². The van der Waals surface area contributed by atoms with Gasteiger partial charge in [0.15, 0.2) is 0 Å². The zero-order valence-corrected chi connectivity index (χ0v) is 15.2. The Balaban J connectivity index is 1.56. The van der Waals surface area contributed by atoms with Crippen LogP contribution < -0.4 is 5.32 Å². The van der Waals surface area contributed by atoms with Crippen LogP contribution in [-0.2, 0) is 0 Å². The summed E-state index contributed by atoms with van der Waals surface area (Å²) in [6.45, 7) is 5.45. The van der Waals surface area contributed by atoms with Gasteiger partial charge in [0.25, 0.3) is 5.91 Å². The number of unbranched alkanes of at least 4 members (excludes halogenated alkanes) is 2. The lowest BCUT2D eigenvalue weighted by atomic mass is 10.2. The second-order valence-electron chi connectivity index (χ2n) is 6.38. The van der Waals surface area contributed by atoms with Crippen molar-refractivity contribution >= 4 is 32.7 Å². The average Bonchev–Trinajstić information content (AvgIpc) is 3.14. The molecule has 1 aliphatic rings. The van der Waals surface area contributed by atoms with Crippen LogP contribution in [0.15, 0.2) is 28.7 Å². The Morgan fingerprint density at radius 1 is 1.39 bits per heavy atom. The second-order valence-corrected chi connectivity index (χ2v) is 7.30. The third kappa shape index (κ3) is 4.15. The maximum absolute atomic E-state index is 12.4. The molecule has 2 N–H and O–H groups in total. The maximum atomic E-state index is 12.4. The molecule has 1 aromatic heterocycles. The fraction of sp³-hybridized carbons (Fsp3) is 0.500. The fourth-order valence-corrected chi connectivity index (χ4v) is 3.58. The van der Waals surface area contributed by atoms with Crippen molar-refractivity contribution < 1.29 is 4.79 Å². The number of halogens is 1. The third-order valence-electron chi connectivity index (χ3n) is 4.51. The first-order valence-corrected chi connectivity index (χ1v) is 9.26. The first-order chi connectivity index (χ1) is 11.2. The van der Waals surface area contributed by atoms with Crippen LogP contribution >= 0.6 is 15.9 Å². The molecule has 5 heteroatoms. The van der Waals surface area contributed by atoms with Gasteiger partial charge in [-0.05, 0) is 37.6 Å². The smallest absolute Gasteiger partial charge is 0.267 e. The largest absolute Gasteiger partial charge is 0.350 e. The van der Waals surface area contributed by atoms with Crippen molar-refractivity contribution in [2.45, 2.75) is 38.6 Å². The number of aromatic nitrogens is 1. The molecule has 23 heavy (non-hydrogen) atoms. The number of likely N-dealkylation sites (tertiary alicyclic amines) is 1. The number of rotatable bonds is 6. The van der Waals surface area contributed by atoms with Gasteiger partial charge in [-0.25, -0.2) is 0 Å². The number of hydrogen-bond acceptors (Lipinski definition) is 2. The molecule has 2 heterocycles. The molecule has 4 nitrogen and oxygen atoms in total. The summed E-state index contributed by atoms with van der Waals surface area (Å²) in [5.74, 6) is -0.00210. The first-order valence-electron chi connectivity index (χ1n) is 8.47. The minimum absolute atomic E-state index is 0.00210. The number of nitrogens with zero attached hydrogens (tertiary/aromatic N) is 1. The molecule has 3 rings (SSSR count). The number of nitrogens with one attached hydrogen (secondary N) is 2. The molecule has 1 aliphatic heterocycles. The lowest BCUT2D eigenvalue weighted by Gasteiger charge is -2.16. The summed E-state index contributed by atoms with van der Waals surface area (Å²) in [5, 5.41) is 4.23. The summed E-state index contributed by atoms with van der Waals surface area (Å²) < 4.78 is 1.01. The number of amides is 1. The molecule has 0 bridgehead atoms. The molecule has 1 atom stereocenters. The Kier molecular flexibility index (Phi) is 5.38. The van der Waals surface area contributed by atoms with Gasteiger partial charge < -0.3 is 15.2 Å². The average molecular weight is 378 g/mol. The van der Waals surface area contributed by atoms with Crippen molar-refractivity contribution in [3.05, 3.63) is 34.4 Å². The standard InChI is InChI=1S/C18H24BrN3O/c1-2-3-4-8-22-9-7-15(12-22)20-18(23)17-10-13-5-6-14(19)11-16(13)21-17/h5-6,10-11,15,21H,2-4,7-9,12H2,1H3,(H,20,23)/t15-/m0/s1. The highest BCUT2D eigenvalue weighted by atomic mass is 79.9. The Hall–Kier alpha value is -1.33. The molecular weight excluding hydrogens is 354 g/mol. The van der Waals surface area contributed by atoms with Gasteiger partial charge in [0.1, 0.15) is 5.69 Å². The van der Waals surface area contributed by atoms with Gasteiger partial charge in [0.2, 0.25) is 0 Å². The minimum atomic E-state index is -0.00210. The van der Waals surface area contributed by atoms with E-state index in [9.17, 15) is 4.79 Å². The summed E-state index contributed by atoms with van der Waals surface area (Å²) in [7, 11) is 0. The predicted octanol–water partition coefficient (Wildman–Crippen LogP) is 3.92. The van der Waals surface area contributed by atoms with Gasteiger partial charge in [-0.15, -0.1) is 0 Å². The third-order valence-corrected chi connectivity index (χ3v) is 5.01. The predicted molar refractivity (Wildman–Crippen MR) is 97.8 cm³/mol. The van der Waals surface area contributed by atoms with E-state index in [4.69, 9.17) is 0 Å². The van der Waals surface area contributed by atoms with Gasteiger partial charge in [-0.1, -0.05) is 41.8 Å². The van der Waals surface area contributed by atoms with Crippen LogP contribution in [-0.4, -0.2) is 41.5 Å². The summed E-state index contributed by atoms with van der Waals surface area (Å²) in [4.78, 5) is 18.1. The van der Waals surface area contributed by atoms with Crippen molar-refractivity contribution in [2.75, 3.05) is 19.6 Å². The number of benzene rings is 1. The zero-order chi connectivity index (χ0) is 16.2. The molecular formula is C18H24BrN3O. The van der Waals surface area contributed by atoms with E-state index in [-0.39, 0.29) is 11.9 Å². The molecule has 1 saturated heterocycles. The molecule has 1 amide bonds. The summed E-state index contributed by atoms with van der Waals surface area (Å²) in [5.41, 5.74) is 1.62. The molecule has 1 aromatic carbocycles. The van der Waals surface area contributed by atoms with Crippen molar-refractivity contribution in [1.29, 1.82) is 0 Å². The normalized spacial score (nSPS) is 18.6. The number of carbonyl (C=O) groups is 1. The highest BCUT2D eigenvalue weighted by Crippen LogP contribution is 2.20. The topological polar surface area (TPSA) is 48.1 Å². The van der Waals surface area contributed by atoms with Crippen molar-refractivity contribution in [3.63, 3.8) is 0 Å². The van der Waals surface area contributed by atoms with Crippen LogP contribution in [0.3, 0.4) is 0 Å². The van der Waals surface area contributed by atoms with E-state index in [1.165, 1.54) is 19.3 Å². The lowest BCUT2D eigenvalue weighted by molar-refractivity contribution is 0.0933. The second kappa shape index (κ2) is 7.49. The molecule has 0 unspecified atom stereocenters. The molecule has 0 spiro atoms. The Morgan fingerprint density at radius 2 is 2.26 bits per heavy atom. The molecule has 0 aliphatic carbocycles. The molecule has 124 valence electrons. The van der Waals surface area contributed by atoms with Crippen molar-refractivity contribution in [3.8, 4) is 0 Å². The highest BCUT2D eigenvalue weighted by Gasteiger charge is 2.24. The maximum Gasteiger partial charge on any atom is 0.267 e. The number of aromatic amines is 1. The Bertz CT molecular complexity index is 682. The van der Waals surface area contributed by atoms with E-state index >= 15 is 0 Å². The Labute approximate surface area is 145 Å². The van der Waals surface area contributed by atoms with Crippen LogP contribution in [0.25, 0.3) is 10.9 Å². The molecule has 0 saturated carbocycles. The number of carbonyl (C=O) groups excluding carboxylic acids is 1. The quantitative estimate of drug-likeness (QED) is 0.749. The monoisotopic (exact) mass is 377 g/mol. The van der Waals surface area contributed by atoms with Gasteiger partial charge in [-0.2, -0.15) is 0 Å². The van der Waals surface area contributed by atoms with Crippen molar-refractivity contribution in [2.24, 2.45) is 0 Å². The van der Waals surface area contributed by atoms with Crippen LogP contribution in [0.1, 0.15) is 43.1 Å². The van der Waals surface area contributed by atoms with Crippen molar-refractivity contribution in [1.82, 2.24) is 15.2 Å². The van der Waals surface area contributed by atoms with E-state index in [0.717, 1.165) is 41.4 Å². The minimum Gasteiger partial charge on any atom is -0.350 e. The van der Waals surface area contributed by atoms with Gasteiger partial charge >= 0.3 is 0 Å². The van der Waals surface area contributed by atoms with E-state index in [0.29, 0.717) is 5.69 Å².